The van der Waals surface area contributed by atoms with Crippen molar-refractivity contribution in [2.45, 2.75) is 51.5 Å². The van der Waals surface area contributed by atoms with Crippen LogP contribution >= 0.6 is 0 Å². The van der Waals surface area contributed by atoms with E-state index in [1.54, 1.807) is 12.1 Å². The molecule has 1 aliphatic heterocycles. The van der Waals surface area contributed by atoms with Crippen LogP contribution in [0.1, 0.15) is 61.2 Å². The molecule has 0 fully saturated rings. The average Bonchev–Trinajstić information content (AvgIpc) is 2.73. The maximum Gasteiger partial charge on any atom is 0.258 e. The van der Waals surface area contributed by atoms with Crippen LogP contribution in [-0.2, 0) is 11.8 Å². The van der Waals surface area contributed by atoms with Crippen molar-refractivity contribution in [1.29, 1.82) is 0 Å². The Hall–Kier alpha value is -2.94. The minimum atomic E-state index is -0.419. The van der Waals surface area contributed by atoms with E-state index < -0.39 is 5.54 Å². The molecule has 0 spiro atoms. The molecule has 2 nitrogen and oxygen atoms in total. The molecule has 1 heterocycles. The van der Waals surface area contributed by atoms with Crippen LogP contribution in [0.3, 0.4) is 0 Å². The number of aryl methyl sites for hydroxylation is 1. The Kier molecular flexibility index (Phi) is 5.01. The quantitative estimate of drug-likeness (QED) is 0.489. The highest BCUT2D eigenvalue weighted by Crippen LogP contribution is 2.50. The summed E-state index contributed by atoms with van der Waals surface area (Å²) in [5, 5.41) is 0. The number of hydrogen-bond donors (Lipinski definition) is 0. The monoisotopic (exact) mass is 401 g/mol. The summed E-state index contributed by atoms with van der Waals surface area (Å²) in [6, 6.07) is 22.8. The van der Waals surface area contributed by atoms with Crippen LogP contribution < -0.4 is 4.90 Å². The van der Waals surface area contributed by atoms with Gasteiger partial charge in [-0.05, 0) is 73.7 Å². The first-order chi connectivity index (χ1) is 14.3. The van der Waals surface area contributed by atoms with Gasteiger partial charge in [-0.15, -0.1) is 0 Å². The molecule has 0 saturated carbocycles. The molecule has 1 aliphatic rings. The number of carbonyl (C=O) groups excluding carboxylic acids is 1. The minimum Gasteiger partial charge on any atom is -0.302 e. The molecule has 0 aromatic heterocycles. The lowest BCUT2D eigenvalue weighted by Crippen LogP contribution is -2.55. The summed E-state index contributed by atoms with van der Waals surface area (Å²) in [5.41, 5.74) is 4.50. The third kappa shape index (κ3) is 3.32. The SMILES string of the molecule is CCc1ccc([C@]2(C)CC(C)(C)N(C(=O)c3ccc(F)cc3)c3ccccc32)cc1. The predicted molar refractivity (Wildman–Crippen MR) is 121 cm³/mol. The number of hydrogen-bond acceptors (Lipinski definition) is 1. The van der Waals surface area contributed by atoms with Crippen LogP contribution in [-0.4, -0.2) is 11.4 Å². The Morgan fingerprint density at radius 1 is 0.933 bits per heavy atom. The fourth-order valence-corrected chi connectivity index (χ4v) is 4.97. The second kappa shape index (κ2) is 7.39. The van der Waals surface area contributed by atoms with E-state index in [1.807, 2.05) is 23.1 Å². The lowest BCUT2D eigenvalue weighted by atomic mass is 9.65. The van der Waals surface area contributed by atoms with Gasteiger partial charge >= 0.3 is 0 Å². The second-order valence-corrected chi connectivity index (χ2v) is 9.04. The van der Waals surface area contributed by atoms with E-state index in [-0.39, 0.29) is 17.1 Å². The van der Waals surface area contributed by atoms with E-state index >= 15 is 0 Å². The fourth-order valence-electron chi connectivity index (χ4n) is 4.97. The Balaban J connectivity index is 1.85. The van der Waals surface area contributed by atoms with Crippen LogP contribution in [0.4, 0.5) is 10.1 Å². The Morgan fingerprint density at radius 3 is 2.20 bits per heavy atom. The first-order valence-electron chi connectivity index (χ1n) is 10.6. The summed E-state index contributed by atoms with van der Waals surface area (Å²) < 4.78 is 13.4. The van der Waals surface area contributed by atoms with E-state index in [0.717, 1.165) is 24.1 Å². The van der Waals surface area contributed by atoms with Crippen molar-refractivity contribution in [3.8, 4) is 0 Å². The van der Waals surface area contributed by atoms with Crippen LogP contribution in [0.25, 0.3) is 0 Å². The van der Waals surface area contributed by atoms with Crippen molar-refractivity contribution in [3.05, 3.63) is 101 Å². The molecule has 0 saturated heterocycles. The number of nitrogens with zero attached hydrogens (tertiary/aromatic N) is 1. The van der Waals surface area contributed by atoms with Gasteiger partial charge in [0.1, 0.15) is 5.82 Å². The van der Waals surface area contributed by atoms with Crippen molar-refractivity contribution in [1.82, 2.24) is 0 Å². The van der Waals surface area contributed by atoms with Crippen LogP contribution in [0.5, 0.6) is 0 Å². The van der Waals surface area contributed by atoms with Crippen LogP contribution in [0.15, 0.2) is 72.8 Å². The standard InChI is InChI=1S/C27H28FNO/c1-5-19-10-14-21(15-11-19)27(4)18-26(2,3)29(24-9-7-6-8-23(24)27)25(30)20-12-16-22(28)17-13-20/h6-17H,5,18H2,1-4H3/t27-/m0/s1. The summed E-state index contributed by atoms with van der Waals surface area (Å²) in [6.45, 7) is 8.66. The molecule has 154 valence electrons. The minimum absolute atomic E-state index is 0.101. The first-order valence-corrected chi connectivity index (χ1v) is 10.6. The molecular weight excluding hydrogens is 373 g/mol. The number of fused-ring (bicyclic) bond motifs is 1. The molecular formula is C27H28FNO. The number of para-hydroxylation sites is 1. The van der Waals surface area contributed by atoms with Gasteiger partial charge in [0.05, 0.1) is 0 Å². The molecule has 0 unspecified atom stereocenters. The summed E-state index contributed by atoms with van der Waals surface area (Å²) in [4.78, 5) is 15.4. The normalized spacial score (nSPS) is 20.0. The fraction of sp³-hybridized carbons (Fsp3) is 0.296. The highest BCUT2D eigenvalue weighted by molar-refractivity contribution is 6.08. The van der Waals surface area contributed by atoms with Crippen molar-refractivity contribution in [2.75, 3.05) is 4.90 Å². The summed E-state index contributed by atoms with van der Waals surface area (Å²) >= 11 is 0. The number of benzene rings is 3. The molecule has 0 N–H and O–H groups in total. The molecule has 3 heteroatoms. The lowest BCUT2D eigenvalue weighted by molar-refractivity contribution is 0.0948. The average molecular weight is 402 g/mol. The molecule has 3 aromatic rings. The van der Waals surface area contributed by atoms with Gasteiger partial charge in [0.15, 0.2) is 0 Å². The summed E-state index contributed by atoms with van der Waals surface area (Å²) in [6.07, 6.45) is 1.80. The van der Waals surface area contributed by atoms with Crippen molar-refractivity contribution < 1.29 is 9.18 Å². The highest BCUT2D eigenvalue weighted by Gasteiger charge is 2.47. The molecule has 0 radical (unpaired) electrons. The molecule has 30 heavy (non-hydrogen) atoms. The lowest BCUT2D eigenvalue weighted by Gasteiger charge is -2.51. The molecule has 0 bridgehead atoms. The molecule has 1 atom stereocenters. The van der Waals surface area contributed by atoms with Crippen LogP contribution in [0.2, 0.25) is 0 Å². The van der Waals surface area contributed by atoms with Gasteiger partial charge in [-0.3, -0.25) is 4.79 Å². The predicted octanol–water partition coefficient (Wildman–Crippen LogP) is 6.52. The van der Waals surface area contributed by atoms with Gasteiger partial charge < -0.3 is 4.90 Å². The third-order valence-electron chi connectivity index (χ3n) is 6.42. The van der Waals surface area contributed by atoms with E-state index in [0.29, 0.717) is 5.56 Å². The van der Waals surface area contributed by atoms with E-state index in [9.17, 15) is 9.18 Å². The maximum absolute atomic E-state index is 13.5. The number of rotatable bonds is 3. The zero-order chi connectivity index (χ0) is 21.5. The van der Waals surface area contributed by atoms with E-state index in [2.05, 4.69) is 58.0 Å². The molecule has 3 aromatic carbocycles. The number of amides is 1. The Bertz CT molecular complexity index is 1070. The molecule has 1 amide bonds. The van der Waals surface area contributed by atoms with Gasteiger partial charge in [-0.2, -0.15) is 0 Å². The largest absolute Gasteiger partial charge is 0.302 e. The summed E-state index contributed by atoms with van der Waals surface area (Å²) in [5.74, 6) is -0.441. The second-order valence-electron chi connectivity index (χ2n) is 9.04. The summed E-state index contributed by atoms with van der Waals surface area (Å²) in [7, 11) is 0. The van der Waals surface area contributed by atoms with E-state index in [4.69, 9.17) is 0 Å². The van der Waals surface area contributed by atoms with Crippen LogP contribution in [0, 0.1) is 5.82 Å². The third-order valence-corrected chi connectivity index (χ3v) is 6.42. The Morgan fingerprint density at radius 2 is 1.57 bits per heavy atom. The molecule has 4 rings (SSSR count). The zero-order valence-corrected chi connectivity index (χ0v) is 18.1. The van der Waals surface area contributed by atoms with Crippen molar-refractivity contribution >= 4 is 11.6 Å². The number of halogens is 1. The Labute approximate surface area is 178 Å². The molecule has 0 aliphatic carbocycles. The van der Waals surface area contributed by atoms with Gasteiger partial charge in [-0.1, -0.05) is 56.3 Å². The first kappa shape index (κ1) is 20.3. The topological polar surface area (TPSA) is 20.3 Å². The number of anilines is 1. The van der Waals surface area contributed by atoms with Gasteiger partial charge in [-0.25, -0.2) is 4.39 Å². The highest BCUT2D eigenvalue weighted by atomic mass is 19.1. The van der Waals surface area contributed by atoms with Crippen molar-refractivity contribution in [2.24, 2.45) is 0 Å². The van der Waals surface area contributed by atoms with Gasteiger partial charge in [0, 0.05) is 22.2 Å². The van der Waals surface area contributed by atoms with Crippen molar-refractivity contribution in [3.63, 3.8) is 0 Å². The van der Waals surface area contributed by atoms with E-state index in [1.165, 1.54) is 23.3 Å². The van der Waals surface area contributed by atoms with Gasteiger partial charge in [0.25, 0.3) is 5.91 Å². The van der Waals surface area contributed by atoms with Gasteiger partial charge in [0.2, 0.25) is 0 Å². The smallest absolute Gasteiger partial charge is 0.258 e. The zero-order valence-electron chi connectivity index (χ0n) is 18.1. The number of carbonyl (C=O) groups is 1. The maximum atomic E-state index is 13.5.